The minimum absolute atomic E-state index is 0.460. The van der Waals surface area contributed by atoms with Crippen molar-refractivity contribution < 1.29 is 4.74 Å². The Hall–Kier alpha value is -1.01. The molecule has 0 saturated carbocycles. The highest BCUT2D eigenvalue weighted by molar-refractivity contribution is 7.98. The van der Waals surface area contributed by atoms with Gasteiger partial charge in [-0.25, -0.2) is 9.97 Å². The molecule has 1 aromatic rings. The van der Waals surface area contributed by atoms with E-state index in [1.165, 1.54) is 0 Å². The zero-order valence-corrected chi connectivity index (χ0v) is 13.8. The Kier molecular flexibility index (Phi) is 8.37. The minimum Gasteiger partial charge on any atom is -0.374 e. The van der Waals surface area contributed by atoms with Crippen molar-refractivity contribution >= 4 is 23.4 Å². The van der Waals surface area contributed by atoms with Gasteiger partial charge in [0.1, 0.15) is 18.2 Å². The molecule has 0 aliphatic rings. The molecule has 0 saturated heterocycles. The van der Waals surface area contributed by atoms with Gasteiger partial charge in [0, 0.05) is 38.6 Å². The molecule has 0 bridgehead atoms. The minimum atomic E-state index is 0.460. The number of ether oxygens (including phenoxy) is 1. The largest absolute Gasteiger partial charge is 0.374 e. The lowest BCUT2D eigenvalue weighted by Gasteiger charge is -2.19. The molecule has 0 aliphatic carbocycles. The lowest BCUT2D eigenvalue weighted by molar-refractivity contribution is 0.128. The third kappa shape index (κ3) is 5.96. The third-order valence-corrected chi connectivity index (χ3v) is 3.36. The Labute approximate surface area is 126 Å². The highest BCUT2D eigenvalue weighted by Gasteiger charge is 2.08. The van der Waals surface area contributed by atoms with E-state index in [2.05, 4.69) is 40.4 Å². The summed E-state index contributed by atoms with van der Waals surface area (Å²) < 4.78 is 5.42. The fraction of sp³-hybridized carbons (Fsp3) is 0.714. The lowest BCUT2D eigenvalue weighted by atomic mass is 10.4. The monoisotopic (exact) mass is 298 g/mol. The van der Waals surface area contributed by atoms with Crippen molar-refractivity contribution in [1.29, 1.82) is 0 Å². The molecule has 0 aliphatic heterocycles. The van der Waals surface area contributed by atoms with E-state index in [9.17, 15) is 0 Å². The molecule has 0 unspecified atom stereocenters. The van der Waals surface area contributed by atoms with Crippen LogP contribution in [-0.2, 0) is 11.3 Å². The average molecular weight is 298 g/mol. The summed E-state index contributed by atoms with van der Waals surface area (Å²) in [6.07, 6.45) is 3.19. The van der Waals surface area contributed by atoms with Gasteiger partial charge in [0.2, 0.25) is 0 Å². The van der Waals surface area contributed by atoms with Gasteiger partial charge in [0.15, 0.2) is 5.82 Å². The van der Waals surface area contributed by atoms with Crippen molar-refractivity contribution in [3.63, 3.8) is 0 Å². The van der Waals surface area contributed by atoms with E-state index < -0.39 is 0 Å². The van der Waals surface area contributed by atoms with Crippen LogP contribution in [0.1, 0.15) is 26.1 Å². The average Bonchev–Trinajstić information content (AvgIpc) is 2.48. The molecule has 0 radical (unpaired) electrons. The predicted octanol–water partition coefficient (Wildman–Crippen LogP) is 2.63. The maximum Gasteiger partial charge on any atom is 0.158 e. The Morgan fingerprint density at radius 3 is 2.80 bits per heavy atom. The van der Waals surface area contributed by atoms with Crippen LogP contribution in [0.3, 0.4) is 0 Å². The number of rotatable bonds is 10. The Morgan fingerprint density at radius 2 is 2.15 bits per heavy atom. The Balaban J connectivity index is 2.83. The quantitative estimate of drug-likeness (QED) is 0.716. The molecule has 1 heterocycles. The summed E-state index contributed by atoms with van der Waals surface area (Å²) in [5, 5.41) is 3.32. The summed E-state index contributed by atoms with van der Waals surface area (Å²) in [6, 6.07) is 2.01. The van der Waals surface area contributed by atoms with Crippen LogP contribution >= 0.6 is 11.8 Å². The molecule has 0 aromatic carbocycles. The third-order valence-electron chi connectivity index (χ3n) is 2.77. The second-order valence-electron chi connectivity index (χ2n) is 4.51. The summed E-state index contributed by atoms with van der Waals surface area (Å²) >= 11 is 1.84. The fourth-order valence-corrected chi connectivity index (χ4v) is 2.08. The van der Waals surface area contributed by atoms with E-state index in [1.807, 2.05) is 24.8 Å². The number of aromatic nitrogens is 2. The van der Waals surface area contributed by atoms with Crippen LogP contribution in [0.4, 0.5) is 11.6 Å². The van der Waals surface area contributed by atoms with E-state index >= 15 is 0 Å². The zero-order chi connectivity index (χ0) is 14.8. The summed E-state index contributed by atoms with van der Waals surface area (Å²) in [5.74, 6) is 3.64. The second-order valence-corrected chi connectivity index (χ2v) is 5.49. The van der Waals surface area contributed by atoms with Crippen molar-refractivity contribution in [3.05, 3.63) is 11.9 Å². The Bertz CT molecular complexity index is 363. The molecular weight excluding hydrogens is 272 g/mol. The molecule has 0 fully saturated rings. The maximum atomic E-state index is 5.42. The maximum absolute atomic E-state index is 5.42. The van der Waals surface area contributed by atoms with Crippen LogP contribution in [0.15, 0.2) is 6.07 Å². The first kappa shape index (κ1) is 17.0. The van der Waals surface area contributed by atoms with Gasteiger partial charge in [-0.2, -0.15) is 11.8 Å². The number of nitrogens with one attached hydrogen (secondary N) is 1. The van der Waals surface area contributed by atoms with E-state index in [1.54, 1.807) is 0 Å². The summed E-state index contributed by atoms with van der Waals surface area (Å²) in [6.45, 7) is 7.14. The normalized spacial score (nSPS) is 10.6. The van der Waals surface area contributed by atoms with E-state index in [-0.39, 0.29) is 0 Å². The molecular formula is C14H26N4OS. The molecule has 0 spiro atoms. The van der Waals surface area contributed by atoms with E-state index in [4.69, 9.17) is 4.74 Å². The number of anilines is 2. The van der Waals surface area contributed by atoms with Crippen molar-refractivity contribution in [1.82, 2.24) is 9.97 Å². The van der Waals surface area contributed by atoms with Gasteiger partial charge in [-0.1, -0.05) is 6.92 Å². The van der Waals surface area contributed by atoms with Gasteiger partial charge in [-0.05, 0) is 19.6 Å². The van der Waals surface area contributed by atoms with Gasteiger partial charge >= 0.3 is 0 Å². The molecule has 20 heavy (non-hydrogen) atoms. The van der Waals surface area contributed by atoms with Crippen LogP contribution in [0.2, 0.25) is 0 Å². The van der Waals surface area contributed by atoms with Crippen LogP contribution in [-0.4, -0.2) is 48.7 Å². The molecule has 1 rings (SSSR count). The van der Waals surface area contributed by atoms with Crippen molar-refractivity contribution in [3.8, 4) is 0 Å². The van der Waals surface area contributed by atoms with Crippen LogP contribution in [0.5, 0.6) is 0 Å². The van der Waals surface area contributed by atoms with Crippen LogP contribution < -0.4 is 10.2 Å². The molecule has 1 N–H and O–H groups in total. The van der Waals surface area contributed by atoms with Gasteiger partial charge in [0.25, 0.3) is 0 Å². The van der Waals surface area contributed by atoms with E-state index in [0.717, 1.165) is 42.7 Å². The smallest absolute Gasteiger partial charge is 0.158 e. The van der Waals surface area contributed by atoms with Gasteiger partial charge in [0.05, 0.1) is 0 Å². The van der Waals surface area contributed by atoms with Crippen molar-refractivity contribution in [2.75, 3.05) is 49.0 Å². The standard InChI is InChI=1S/C14H26N4OS/c1-5-7-15-12-10-14(18(3)8-9-20-4)17-13(16-12)11-19-6-2/h10H,5-9,11H2,1-4H3,(H,15,16,17). The first-order valence-corrected chi connectivity index (χ1v) is 8.50. The first-order chi connectivity index (χ1) is 9.71. The molecule has 114 valence electrons. The van der Waals surface area contributed by atoms with Crippen molar-refractivity contribution in [2.24, 2.45) is 0 Å². The fourth-order valence-electron chi connectivity index (χ4n) is 1.62. The number of hydrogen-bond donors (Lipinski definition) is 1. The van der Waals surface area contributed by atoms with Crippen LogP contribution in [0.25, 0.3) is 0 Å². The topological polar surface area (TPSA) is 50.3 Å². The predicted molar refractivity (Wildman–Crippen MR) is 87.8 cm³/mol. The SMILES string of the molecule is CCCNc1cc(N(C)CCSC)nc(COCC)n1. The summed E-state index contributed by atoms with van der Waals surface area (Å²) in [5.41, 5.74) is 0. The Morgan fingerprint density at radius 1 is 1.35 bits per heavy atom. The lowest BCUT2D eigenvalue weighted by Crippen LogP contribution is -2.22. The number of hydrogen-bond acceptors (Lipinski definition) is 6. The van der Waals surface area contributed by atoms with E-state index in [0.29, 0.717) is 13.2 Å². The molecule has 0 atom stereocenters. The zero-order valence-electron chi connectivity index (χ0n) is 13.0. The first-order valence-electron chi connectivity index (χ1n) is 7.10. The number of nitrogens with zero attached hydrogens (tertiary/aromatic N) is 3. The molecule has 5 nitrogen and oxygen atoms in total. The summed E-state index contributed by atoms with van der Waals surface area (Å²) in [7, 11) is 2.06. The summed E-state index contributed by atoms with van der Waals surface area (Å²) in [4.78, 5) is 11.2. The number of thioether (sulfide) groups is 1. The molecule has 0 amide bonds. The highest BCUT2D eigenvalue weighted by Crippen LogP contribution is 2.16. The van der Waals surface area contributed by atoms with Gasteiger partial charge in [-0.3, -0.25) is 0 Å². The van der Waals surface area contributed by atoms with Crippen molar-refractivity contribution in [2.45, 2.75) is 26.9 Å². The van der Waals surface area contributed by atoms with Crippen LogP contribution in [0, 0.1) is 0 Å². The molecule has 6 heteroatoms. The second kappa shape index (κ2) is 9.83. The molecule has 1 aromatic heterocycles. The van der Waals surface area contributed by atoms with Gasteiger partial charge in [-0.15, -0.1) is 0 Å². The highest BCUT2D eigenvalue weighted by atomic mass is 32.2. The van der Waals surface area contributed by atoms with Gasteiger partial charge < -0.3 is 15.0 Å².